The van der Waals surface area contributed by atoms with Crippen molar-refractivity contribution in [1.29, 1.82) is 0 Å². The highest BCUT2D eigenvalue weighted by molar-refractivity contribution is 6.30. The number of carbonyl (C=O) groups excluding carboxylic acids is 3. The first-order chi connectivity index (χ1) is 22.1. The molecule has 1 unspecified atom stereocenters. The number of halogens is 4. The fourth-order valence-corrected chi connectivity index (χ4v) is 6.92. The number of anilines is 2. The number of amides is 3. The minimum Gasteiger partial charge on any atom is -0.443 e. The molecular weight excluding hydrogens is 637 g/mol. The molecule has 0 radical (unpaired) electrons. The van der Waals surface area contributed by atoms with Crippen LogP contribution in [0.1, 0.15) is 62.0 Å². The normalized spacial score (nSPS) is 22.3. The lowest BCUT2D eigenvalue weighted by Gasteiger charge is -2.47. The van der Waals surface area contributed by atoms with E-state index in [1.807, 2.05) is 4.90 Å². The summed E-state index contributed by atoms with van der Waals surface area (Å²) in [4.78, 5) is 43.7. The second kappa shape index (κ2) is 11.9. The van der Waals surface area contributed by atoms with Crippen LogP contribution >= 0.6 is 11.6 Å². The van der Waals surface area contributed by atoms with Crippen LogP contribution in [0.25, 0.3) is 0 Å². The zero-order chi connectivity index (χ0) is 34.0. The summed E-state index contributed by atoms with van der Waals surface area (Å²) in [7, 11) is 1.51. The van der Waals surface area contributed by atoms with E-state index < -0.39 is 46.5 Å². The average molecular weight is 673 g/mol. The van der Waals surface area contributed by atoms with E-state index in [0.717, 1.165) is 16.0 Å². The monoisotopic (exact) mass is 672 g/mol. The molecule has 3 amide bonds. The number of rotatable bonds is 5. The molecule has 0 aliphatic carbocycles. The van der Waals surface area contributed by atoms with Gasteiger partial charge in [-0.25, -0.2) is 22.9 Å². The molecule has 2 atom stereocenters. The van der Waals surface area contributed by atoms with Crippen LogP contribution < -0.4 is 10.2 Å². The molecule has 47 heavy (non-hydrogen) atoms. The third-order valence-corrected chi connectivity index (χ3v) is 9.24. The Morgan fingerprint density at radius 1 is 1.11 bits per heavy atom. The zero-order valence-corrected chi connectivity index (χ0v) is 27.5. The number of hydrogen-bond donors (Lipinski definition) is 1. The van der Waals surface area contributed by atoms with Gasteiger partial charge in [-0.2, -0.15) is 5.10 Å². The highest BCUT2D eigenvalue weighted by Crippen LogP contribution is 2.45. The van der Waals surface area contributed by atoms with Crippen LogP contribution in [0.15, 0.2) is 36.5 Å². The fraction of sp³-hybridized carbons (Fsp3) is 0.455. The van der Waals surface area contributed by atoms with Crippen LogP contribution in [0.3, 0.4) is 0 Å². The fourth-order valence-electron chi connectivity index (χ4n) is 6.74. The summed E-state index contributed by atoms with van der Waals surface area (Å²) in [6, 6.07) is 6.49. The third-order valence-electron chi connectivity index (χ3n) is 8.95. The SMILES string of the molecule is Cn1cc(F)c(N2CC(C)(c3cccc(Cl)c3F)c3c(ccc(NC4CN([C@@H]5CCCN(C(=O)OC(C)(C)C)C5=O)C4)c3F)C2=O)n1. The number of piperidine rings is 1. The van der Waals surface area contributed by atoms with Gasteiger partial charge in [-0.1, -0.05) is 23.7 Å². The molecule has 4 heterocycles. The van der Waals surface area contributed by atoms with Crippen molar-refractivity contribution in [2.75, 3.05) is 36.4 Å². The molecule has 6 rings (SSSR count). The third kappa shape index (κ3) is 5.84. The number of likely N-dealkylation sites (tertiary alicyclic amines) is 2. The van der Waals surface area contributed by atoms with E-state index in [-0.39, 0.29) is 58.3 Å². The van der Waals surface area contributed by atoms with Crippen molar-refractivity contribution in [2.24, 2.45) is 7.05 Å². The van der Waals surface area contributed by atoms with Gasteiger partial charge in [0.05, 0.1) is 29.0 Å². The number of benzene rings is 2. The Hall–Kier alpha value is -4.10. The van der Waals surface area contributed by atoms with Gasteiger partial charge in [0.2, 0.25) is 5.91 Å². The number of imide groups is 1. The van der Waals surface area contributed by atoms with Gasteiger partial charge in [0.1, 0.15) is 11.4 Å². The van der Waals surface area contributed by atoms with Crippen LogP contribution in [0.4, 0.5) is 29.5 Å². The van der Waals surface area contributed by atoms with E-state index in [1.54, 1.807) is 27.7 Å². The van der Waals surface area contributed by atoms with Gasteiger partial charge in [-0.15, -0.1) is 0 Å². The van der Waals surface area contributed by atoms with Crippen molar-refractivity contribution in [3.05, 3.63) is 75.7 Å². The summed E-state index contributed by atoms with van der Waals surface area (Å²) in [6.45, 7) is 7.59. The summed E-state index contributed by atoms with van der Waals surface area (Å²) in [6.07, 6.45) is 1.66. The van der Waals surface area contributed by atoms with Crippen molar-refractivity contribution in [3.8, 4) is 0 Å². The Morgan fingerprint density at radius 2 is 1.83 bits per heavy atom. The summed E-state index contributed by atoms with van der Waals surface area (Å²) in [5.41, 5.74) is -2.20. The predicted molar refractivity (Wildman–Crippen MR) is 169 cm³/mol. The van der Waals surface area contributed by atoms with Gasteiger partial charge in [0.25, 0.3) is 5.91 Å². The minimum absolute atomic E-state index is 0.0383. The Morgan fingerprint density at radius 3 is 2.49 bits per heavy atom. The Kier molecular flexibility index (Phi) is 8.28. The number of aromatic nitrogens is 2. The van der Waals surface area contributed by atoms with Crippen LogP contribution in [0.2, 0.25) is 5.02 Å². The molecule has 0 saturated carbocycles. The summed E-state index contributed by atoms with van der Waals surface area (Å²) >= 11 is 6.15. The molecule has 0 spiro atoms. The molecule has 2 fully saturated rings. The van der Waals surface area contributed by atoms with Gasteiger partial charge in [-0.05, 0) is 58.7 Å². The van der Waals surface area contributed by atoms with Crippen molar-refractivity contribution in [2.45, 2.75) is 63.6 Å². The van der Waals surface area contributed by atoms with Gasteiger partial charge in [0, 0.05) is 55.3 Å². The number of ether oxygens (including phenoxy) is 1. The number of nitrogens with zero attached hydrogens (tertiary/aromatic N) is 5. The second-order valence-corrected chi connectivity index (χ2v) is 14.0. The molecule has 14 heteroatoms. The van der Waals surface area contributed by atoms with E-state index in [1.165, 1.54) is 42.1 Å². The lowest BCUT2D eigenvalue weighted by Crippen LogP contribution is -2.64. The smallest absolute Gasteiger partial charge is 0.417 e. The molecule has 3 aliphatic rings. The molecule has 0 bridgehead atoms. The molecule has 1 N–H and O–H groups in total. The molecule has 10 nitrogen and oxygen atoms in total. The molecular formula is C33H36ClF3N6O4. The number of carbonyl (C=O) groups is 3. The Bertz CT molecular complexity index is 1770. The largest absolute Gasteiger partial charge is 0.443 e. The minimum atomic E-state index is -1.49. The quantitative estimate of drug-likeness (QED) is 0.383. The summed E-state index contributed by atoms with van der Waals surface area (Å²) < 4.78 is 53.8. The first-order valence-corrected chi connectivity index (χ1v) is 15.8. The number of nitrogens with one attached hydrogen (secondary N) is 1. The maximum atomic E-state index is 16.7. The maximum Gasteiger partial charge on any atom is 0.417 e. The highest BCUT2D eigenvalue weighted by Gasteiger charge is 2.48. The van der Waals surface area contributed by atoms with E-state index in [4.69, 9.17) is 16.3 Å². The van der Waals surface area contributed by atoms with E-state index in [2.05, 4.69) is 10.4 Å². The van der Waals surface area contributed by atoms with Gasteiger partial charge >= 0.3 is 6.09 Å². The topological polar surface area (TPSA) is 100 Å². The lowest BCUT2D eigenvalue weighted by molar-refractivity contribution is -0.141. The Balaban J connectivity index is 1.27. The standard InChI is InChI=1S/C33H36ClF3N6O4/c1-32(2,3)47-31(46)42-13-7-10-24(30(42)45)41-14-18(15-41)38-23-12-11-19-25(27(23)37)33(4,20-8-6-9-21(34)26(20)36)17-43(29(19)44)28-22(35)16-40(5)39-28/h6,8-9,11-12,16,18,24,38H,7,10,13-15,17H2,1-5H3/t24-,33?/m1/s1. The number of fused-ring (bicyclic) bond motifs is 1. The van der Waals surface area contributed by atoms with Crippen LogP contribution in [0, 0.1) is 17.5 Å². The predicted octanol–water partition coefficient (Wildman–Crippen LogP) is 5.48. The Labute approximate surface area is 275 Å². The van der Waals surface area contributed by atoms with Gasteiger partial charge in [0.15, 0.2) is 17.5 Å². The molecule has 250 valence electrons. The van der Waals surface area contributed by atoms with Crippen molar-refractivity contribution >= 4 is 41.0 Å². The molecule has 2 aromatic carbocycles. The van der Waals surface area contributed by atoms with Crippen LogP contribution in [-0.4, -0.2) is 81.4 Å². The molecule has 3 aromatic rings. The first-order valence-electron chi connectivity index (χ1n) is 15.4. The number of aryl methyl sites for hydroxylation is 1. The zero-order valence-electron chi connectivity index (χ0n) is 26.7. The van der Waals surface area contributed by atoms with Crippen molar-refractivity contribution in [3.63, 3.8) is 0 Å². The first kappa shape index (κ1) is 32.8. The lowest BCUT2D eigenvalue weighted by atomic mass is 9.70. The number of hydrogen-bond acceptors (Lipinski definition) is 7. The van der Waals surface area contributed by atoms with Gasteiger partial charge < -0.3 is 10.1 Å². The average Bonchev–Trinajstić information content (AvgIpc) is 3.31. The van der Waals surface area contributed by atoms with E-state index in [0.29, 0.717) is 25.9 Å². The van der Waals surface area contributed by atoms with E-state index in [9.17, 15) is 18.8 Å². The van der Waals surface area contributed by atoms with Crippen molar-refractivity contribution < 1.29 is 32.3 Å². The molecule has 3 aliphatic heterocycles. The van der Waals surface area contributed by atoms with Crippen LogP contribution in [0.5, 0.6) is 0 Å². The second-order valence-electron chi connectivity index (χ2n) is 13.6. The van der Waals surface area contributed by atoms with E-state index >= 15 is 8.78 Å². The molecule has 1 aromatic heterocycles. The van der Waals surface area contributed by atoms with Gasteiger partial charge in [-0.3, -0.25) is 24.1 Å². The van der Waals surface area contributed by atoms with Crippen molar-refractivity contribution in [1.82, 2.24) is 19.6 Å². The highest BCUT2D eigenvalue weighted by atomic mass is 35.5. The summed E-state index contributed by atoms with van der Waals surface area (Å²) in [5.74, 6) is -3.53. The van der Waals surface area contributed by atoms with Crippen LogP contribution in [-0.2, 0) is 22.0 Å². The molecule has 2 saturated heterocycles. The summed E-state index contributed by atoms with van der Waals surface area (Å²) in [5, 5.41) is 7.10. The maximum absolute atomic E-state index is 16.7.